The summed E-state index contributed by atoms with van der Waals surface area (Å²) in [5.41, 5.74) is 5.88. The van der Waals surface area contributed by atoms with Gasteiger partial charge in [0.2, 0.25) is 11.8 Å². The number of para-hydroxylation sites is 1. The molecular formula is C35H37NO6. The lowest BCUT2D eigenvalue weighted by molar-refractivity contribution is -0.123. The molecule has 0 aromatic heterocycles. The Morgan fingerprint density at radius 2 is 1.57 bits per heavy atom. The number of amides is 2. The number of carbonyl (C=O) groups is 2. The minimum atomic E-state index is -1.03. The van der Waals surface area contributed by atoms with Gasteiger partial charge in [-0.15, -0.1) is 0 Å². The van der Waals surface area contributed by atoms with Crippen LogP contribution in [0.25, 0.3) is 11.6 Å². The topological polar surface area (TPSA) is 118 Å². The summed E-state index contributed by atoms with van der Waals surface area (Å²) >= 11 is 0. The number of hydrogen-bond donors (Lipinski definition) is 4. The molecule has 3 aromatic rings. The Hall–Kier alpha value is -4.04. The third-order valence-electron chi connectivity index (χ3n) is 8.63. The fourth-order valence-electron chi connectivity index (χ4n) is 6.61. The van der Waals surface area contributed by atoms with Crippen LogP contribution >= 0.6 is 0 Å². The number of phenolic OH excluding ortho intramolecular Hbond substituents is 1. The number of nitrogens with zero attached hydrogens (tertiary/aromatic N) is 1. The number of hydrogen-bond acceptors (Lipinski definition) is 6. The van der Waals surface area contributed by atoms with E-state index >= 15 is 0 Å². The van der Waals surface area contributed by atoms with Gasteiger partial charge in [0, 0.05) is 5.92 Å². The number of rotatable bonds is 9. The monoisotopic (exact) mass is 567 g/mol. The van der Waals surface area contributed by atoms with E-state index in [0.717, 1.165) is 27.8 Å². The lowest BCUT2D eigenvalue weighted by Crippen LogP contribution is -2.39. The summed E-state index contributed by atoms with van der Waals surface area (Å²) in [6.07, 6.45) is 1.93. The van der Waals surface area contributed by atoms with Crippen molar-refractivity contribution in [3.05, 3.63) is 106 Å². The predicted molar refractivity (Wildman–Crippen MR) is 162 cm³/mol. The Balaban J connectivity index is 1.44. The van der Waals surface area contributed by atoms with Crippen molar-refractivity contribution in [1.29, 1.82) is 0 Å². The number of phenols is 1. The van der Waals surface area contributed by atoms with E-state index in [1.807, 2.05) is 62.4 Å². The van der Waals surface area contributed by atoms with Gasteiger partial charge < -0.3 is 20.4 Å². The van der Waals surface area contributed by atoms with E-state index in [2.05, 4.69) is 0 Å². The van der Waals surface area contributed by atoms with Gasteiger partial charge in [-0.3, -0.25) is 14.5 Å². The van der Waals surface area contributed by atoms with Gasteiger partial charge in [-0.25, -0.2) is 0 Å². The third-order valence-corrected chi connectivity index (χ3v) is 8.63. The van der Waals surface area contributed by atoms with Crippen LogP contribution in [-0.2, 0) is 9.59 Å². The number of fused-ring (bicyclic) bond motifs is 1. The lowest BCUT2D eigenvalue weighted by atomic mass is 9.68. The van der Waals surface area contributed by atoms with Crippen molar-refractivity contribution in [2.75, 3.05) is 18.1 Å². The molecular weight excluding hydrogens is 530 g/mol. The normalized spacial score (nSPS) is 21.6. The van der Waals surface area contributed by atoms with E-state index in [1.54, 1.807) is 30.3 Å². The highest BCUT2D eigenvalue weighted by atomic mass is 16.3. The molecule has 42 heavy (non-hydrogen) atoms. The molecule has 0 bridgehead atoms. The quantitative estimate of drug-likeness (QED) is 0.168. The van der Waals surface area contributed by atoms with Gasteiger partial charge in [0.25, 0.3) is 0 Å². The molecule has 0 spiro atoms. The Morgan fingerprint density at radius 3 is 2.17 bits per heavy atom. The molecule has 3 aromatic carbocycles. The first-order valence-corrected chi connectivity index (χ1v) is 14.4. The number of aliphatic hydroxyl groups is 3. The van der Waals surface area contributed by atoms with Crippen LogP contribution in [-0.4, -0.2) is 51.6 Å². The number of anilines is 1. The average molecular weight is 568 g/mol. The largest absolute Gasteiger partial charge is 0.507 e. The Kier molecular flexibility index (Phi) is 8.73. The molecule has 218 valence electrons. The number of benzene rings is 3. The van der Waals surface area contributed by atoms with E-state index in [9.17, 15) is 30.0 Å². The summed E-state index contributed by atoms with van der Waals surface area (Å²) in [6, 6.07) is 22.4. The van der Waals surface area contributed by atoms with Gasteiger partial charge in [0.15, 0.2) is 0 Å². The van der Waals surface area contributed by atoms with Crippen LogP contribution < -0.4 is 4.90 Å². The fraction of sp³-hybridized carbons (Fsp3) is 0.314. The predicted octanol–water partition coefficient (Wildman–Crippen LogP) is 4.80. The highest BCUT2D eigenvalue weighted by Gasteiger charge is 2.55. The van der Waals surface area contributed by atoms with Gasteiger partial charge in [0.1, 0.15) is 5.75 Å². The van der Waals surface area contributed by atoms with Crippen LogP contribution in [0.4, 0.5) is 5.69 Å². The molecule has 2 amide bonds. The maximum Gasteiger partial charge on any atom is 0.238 e. The van der Waals surface area contributed by atoms with E-state index < -0.39 is 30.5 Å². The summed E-state index contributed by atoms with van der Waals surface area (Å²) in [6.45, 7) is 2.92. The molecule has 0 unspecified atom stereocenters. The van der Waals surface area contributed by atoms with Crippen molar-refractivity contribution < 1.29 is 30.0 Å². The lowest BCUT2D eigenvalue weighted by Gasteiger charge is -2.36. The molecule has 4 N–H and O–H groups in total. The molecule has 0 saturated carbocycles. The van der Waals surface area contributed by atoms with E-state index in [4.69, 9.17) is 0 Å². The fourth-order valence-corrected chi connectivity index (χ4v) is 6.61. The second-order valence-corrected chi connectivity index (χ2v) is 11.3. The molecule has 2 aliphatic rings. The van der Waals surface area contributed by atoms with Crippen molar-refractivity contribution in [3.63, 3.8) is 0 Å². The molecule has 7 heteroatoms. The highest BCUT2D eigenvalue weighted by molar-refractivity contribution is 6.22. The number of aromatic hydroxyl groups is 1. The van der Waals surface area contributed by atoms with Crippen molar-refractivity contribution in [2.24, 2.45) is 17.8 Å². The van der Waals surface area contributed by atoms with Crippen LogP contribution in [0.15, 0.2) is 83.9 Å². The minimum Gasteiger partial charge on any atom is -0.507 e. The standard InChI is InChI=1S/C35H37NO6/c1-21-15-23(16-22(2)33(21)40)17-25(24-9-5-3-6-10-24)13-14-30(39)31-26(19-37)18-28-32(29(31)20-38)35(42)36(34(28)41)27-11-7-4-8-12-27/h3-12,15-17,28-30,32,37-40H,13-14,18-20H2,1-2H3/b25-17-/t28-,29+,30-,32-/m1/s1. The number of aryl methyl sites for hydroxylation is 2. The Bertz CT molecular complexity index is 1500. The van der Waals surface area contributed by atoms with Crippen LogP contribution in [0.1, 0.15) is 41.5 Å². The summed E-state index contributed by atoms with van der Waals surface area (Å²) < 4.78 is 0. The molecule has 1 heterocycles. The SMILES string of the molecule is Cc1cc(/C=C(/CC[C@@H](O)C2=C(CO)C[C@H]3C(=O)N(c4ccccc4)C(=O)[C@H]3[C@H]2CO)c2ccccc2)cc(C)c1O. The van der Waals surface area contributed by atoms with Crippen LogP contribution in [0, 0.1) is 31.6 Å². The zero-order chi connectivity index (χ0) is 30.0. The van der Waals surface area contributed by atoms with E-state index in [-0.39, 0.29) is 37.0 Å². The first-order valence-electron chi connectivity index (χ1n) is 14.4. The van der Waals surface area contributed by atoms with Crippen molar-refractivity contribution in [2.45, 2.75) is 39.2 Å². The van der Waals surface area contributed by atoms with E-state index in [0.29, 0.717) is 23.3 Å². The molecule has 7 nitrogen and oxygen atoms in total. The molecule has 0 radical (unpaired) electrons. The zero-order valence-corrected chi connectivity index (χ0v) is 23.9. The summed E-state index contributed by atoms with van der Waals surface area (Å²) in [5.74, 6) is -2.76. The van der Waals surface area contributed by atoms with Crippen molar-refractivity contribution >= 4 is 29.2 Å². The van der Waals surface area contributed by atoms with Crippen LogP contribution in [0.5, 0.6) is 5.75 Å². The second kappa shape index (κ2) is 12.4. The second-order valence-electron chi connectivity index (χ2n) is 11.3. The van der Waals surface area contributed by atoms with Gasteiger partial charge >= 0.3 is 0 Å². The zero-order valence-electron chi connectivity index (χ0n) is 23.9. The van der Waals surface area contributed by atoms with Crippen LogP contribution in [0.2, 0.25) is 0 Å². The first kappa shape index (κ1) is 29.5. The molecule has 5 rings (SSSR count). The summed E-state index contributed by atoms with van der Waals surface area (Å²) in [5, 5.41) is 42.6. The molecule has 1 saturated heterocycles. The molecule has 1 aliphatic heterocycles. The Labute approximate surface area is 246 Å². The summed E-state index contributed by atoms with van der Waals surface area (Å²) in [7, 11) is 0. The number of carbonyl (C=O) groups excluding carboxylic acids is 2. The molecule has 1 aliphatic carbocycles. The van der Waals surface area contributed by atoms with E-state index in [1.165, 1.54) is 4.90 Å². The average Bonchev–Trinajstić information content (AvgIpc) is 3.26. The summed E-state index contributed by atoms with van der Waals surface area (Å²) in [4.78, 5) is 28.2. The maximum atomic E-state index is 13.6. The number of allylic oxidation sites excluding steroid dienone is 1. The molecule has 1 fully saturated rings. The van der Waals surface area contributed by atoms with Gasteiger partial charge in [-0.1, -0.05) is 54.6 Å². The van der Waals surface area contributed by atoms with Crippen molar-refractivity contribution in [1.82, 2.24) is 0 Å². The number of aliphatic hydroxyl groups excluding tert-OH is 3. The van der Waals surface area contributed by atoms with Crippen LogP contribution in [0.3, 0.4) is 0 Å². The smallest absolute Gasteiger partial charge is 0.238 e. The Morgan fingerprint density at radius 1 is 0.952 bits per heavy atom. The third kappa shape index (κ3) is 5.55. The maximum absolute atomic E-state index is 13.6. The van der Waals surface area contributed by atoms with Gasteiger partial charge in [-0.05, 0) is 96.3 Å². The first-order chi connectivity index (χ1) is 20.2. The van der Waals surface area contributed by atoms with Gasteiger partial charge in [0.05, 0.1) is 36.8 Å². The molecule has 4 atom stereocenters. The highest BCUT2D eigenvalue weighted by Crippen LogP contribution is 2.47. The van der Waals surface area contributed by atoms with Gasteiger partial charge in [-0.2, -0.15) is 0 Å². The number of imide groups is 1. The minimum absolute atomic E-state index is 0.158. The van der Waals surface area contributed by atoms with Crippen molar-refractivity contribution in [3.8, 4) is 5.75 Å².